The second-order valence-corrected chi connectivity index (χ2v) is 9.98. The Morgan fingerprint density at radius 1 is 0.966 bits per heavy atom. The van der Waals surface area contributed by atoms with Crippen molar-refractivity contribution < 1.29 is 0 Å². The molecule has 2 unspecified atom stereocenters. The lowest BCUT2D eigenvalue weighted by atomic mass is 9.96. The summed E-state index contributed by atoms with van der Waals surface area (Å²) in [4.78, 5) is 3.75. The van der Waals surface area contributed by atoms with Crippen LogP contribution in [0.1, 0.15) is 55.7 Å². The number of halogens is 2. The van der Waals surface area contributed by atoms with Crippen molar-refractivity contribution in [3.63, 3.8) is 0 Å². The molecule has 29 heavy (non-hydrogen) atoms. The molecule has 0 radical (unpaired) electrons. The lowest BCUT2D eigenvalue weighted by Gasteiger charge is -2.20. The van der Waals surface area contributed by atoms with Gasteiger partial charge in [0, 0.05) is 23.1 Å². The van der Waals surface area contributed by atoms with Crippen LogP contribution in [0, 0.1) is 11.3 Å². The van der Waals surface area contributed by atoms with Crippen LogP contribution in [-0.4, -0.2) is 27.6 Å². The SMILES string of the molecule is CC#N.CCN(CCCc1ccc(C2CC(Br)C(Br)C2)cc1)Cc1ccccc1. The minimum absolute atomic E-state index is 0.608. The lowest BCUT2D eigenvalue weighted by Crippen LogP contribution is -2.24. The quantitative estimate of drug-likeness (QED) is 0.348. The largest absolute Gasteiger partial charge is 0.299 e. The number of hydrogen-bond donors (Lipinski definition) is 0. The minimum Gasteiger partial charge on any atom is -0.299 e. The Bertz CT molecular complexity index is 730. The fourth-order valence-corrected chi connectivity index (χ4v) is 5.20. The molecule has 0 bridgehead atoms. The van der Waals surface area contributed by atoms with Crippen LogP contribution in [0.25, 0.3) is 0 Å². The van der Waals surface area contributed by atoms with Gasteiger partial charge in [-0.25, -0.2) is 0 Å². The third-order valence-electron chi connectivity index (χ3n) is 5.50. The van der Waals surface area contributed by atoms with Gasteiger partial charge in [0.1, 0.15) is 0 Å². The molecule has 2 nitrogen and oxygen atoms in total. The molecule has 0 saturated heterocycles. The van der Waals surface area contributed by atoms with E-state index in [2.05, 4.69) is 98.3 Å². The molecule has 1 aliphatic rings. The van der Waals surface area contributed by atoms with E-state index in [0.717, 1.165) is 19.6 Å². The van der Waals surface area contributed by atoms with Crippen molar-refractivity contribution >= 4 is 31.9 Å². The van der Waals surface area contributed by atoms with Crippen molar-refractivity contribution in [1.82, 2.24) is 4.90 Å². The molecular weight excluding hydrogens is 488 g/mol. The van der Waals surface area contributed by atoms with Crippen LogP contribution >= 0.6 is 31.9 Å². The summed E-state index contributed by atoms with van der Waals surface area (Å²) in [6, 6.07) is 21.9. The van der Waals surface area contributed by atoms with Gasteiger partial charge in [-0.15, -0.1) is 0 Å². The predicted octanol–water partition coefficient (Wildman–Crippen LogP) is 7.08. The predicted molar refractivity (Wildman–Crippen MR) is 131 cm³/mol. The van der Waals surface area contributed by atoms with Crippen LogP contribution in [0.4, 0.5) is 0 Å². The van der Waals surface area contributed by atoms with E-state index in [1.807, 2.05) is 0 Å². The summed E-state index contributed by atoms with van der Waals surface area (Å²) in [5.41, 5.74) is 4.37. The molecule has 3 rings (SSSR count). The van der Waals surface area contributed by atoms with Crippen molar-refractivity contribution in [1.29, 1.82) is 5.26 Å². The van der Waals surface area contributed by atoms with E-state index in [1.54, 1.807) is 6.07 Å². The summed E-state index contributed by atoms with van der Waals surface area (Å²) in [7, 11) is 0. The van der Waals surface area contributed by atoms with Crippen molar-refractivity contribution in [2.24, 2.45) is 0 Å². The summed E-state index contributed by atoms with van der Waals surface area (Å²) < 4.78 is 0. The van der Waals surface area contributed by atoms with Gasteiger partial charge < -0.3 is 0 Å². The smallest absolute Gasteiger partial charge is 0.0587 e. The van der Waals surface area contributed by atoms with Gasteiger partial charge in [0.2, 0.25) is 0 Å². The second-order valence-electron chi connectivity index (χ2n) is 7.62. The van der Waals surface area contributed by atoms with Crippen LogP contribution in [0.5, 0.6) is 0 Å². The number of nitriles is 1. The zero-order valence-corrected chi connectivity index (χ0v) is 20.7. The Hall–Kier alpha value is -1.15. The summed E-state index contributed by atoms with van der Waals surface area (Å²) in [5, 5.41) is 7.32. The van der Waals surface area contributed by atoms with E-state index in [0.29, 0.717) is 15.6 Å². The highest BCUT2D eigenvalue weighted by atomic mass is 79.9. The standard InChI is InChI=1S/C23H29Br2N.C2H3N/c1-2-26(17-19-7-4-3-5-8-19)14-6-9-18-10-12-20(13-11-18)21-15-22(24)23(25)16-21;1-2-3/h3-5,7-8,10-13,21-23H,2,6,9,14-17H2,1H3;1H3. The van der Waals surface area contributed by atoms with E-state index < -0.39 is 0 Å². The average Bonchev–Trinajstić information content (AvgIpc) is 3.07. The van der Waals surface area contributed by atoms with Crippen molar-refractivity contribution in [2.75, 3.05) is 13.1 Å². The Labute approximate surface area is 193 Å². The molecule has 0 spiro atoms. The Kier molecular flexibility index (Phi) is 11.0. The Morgan fingerprint density at radius 2 is 1.55 bits per heavy atom. The maximum Gasteiger partial charge on any atom is 0.0587 e. The number of aryl methyl sites for hydroxylation is 1. The normalized spacial score (nSPS) is 20.8. The highest BCUT2D eigenvalue weighted by molar-refractivity contribution is 9.12. The number of nitrogens with zero attached hydrogens (tertiary/aromatic N) is 2. The van der Waals surface area contributed by atoms with Crippen molar-refractivity contribution in [3.05, 3.63) is 71.3 Å². The lowest BCUT2D eigenvalue weighted by molar-refractivity contribution is 0.276. The molecule has 2 aromatic rings. The first kappa shape index (κ1) is 24.1. The number of alkyl halides is 2. The first-order valence-electron chi connectivity index (χ1n) is 10.5. The molecule has 0 aliphatic heterocycles. The number of hydrogen-bond acceptors (Lipinski definition) is 2. The minimum atomic E-state index is 0.608. The van der Waals surface area contributed by atoms with Crippen molar-refractivity contribution in [3.8, 4) is 6.07 Å². The summed E-state index contributed by atoms with van der Waals surface area (Å²) >= 11 is 7.56. The number of rotatable bonds is 8. The van der Waals surface area contributed by atoms with Crippen LogP contribution in [0.2, 0.25) is 0 Å². The molecule has 2 aromatic carbocycles. The molecule has 2 atom stereocenters. The van der Waals surface area contributed by atoms with Gasteiger partial charge >= 0.3 is 0 Å². The number of benzene rings is 2. The monoisotopic (exact) mass is 518 g/mol. The highest BCUT2D eigenvalue weighted by Gasteiger charge is 2.31. The van der Waals surface area contributed by atoms with Gasteiger partial charge in [-0.05, 0) is 61.4 Å². The van der Waals surface area contributed by atoms with E-state index in [4.69, 9.17) is 5.26 Å². The van der Waals surface area contributed by atoms with E-state index >= 15 is 0 Å². The molecule has 0 heterocycles. The maximum absolute atomic E-state index is 7.32. The van der Waals surface area contributed by atoms with E-state index in [9.17, 15) is 0 Å². The zero-order chi connectivity index (χ0) is 21.1. The van der Waals surface area contributed by atoms with Gasteiger partial charge in [-0.3, -0.25) is 4.90 Å². The fraction of sp³-hybridized carbons (Fsp3) is 0.480. The van der Waals surface area contributed by atoms with E-state index in [1.165, 1.54) is 49.3 Å². The summed E-state index contributed by atoms with van der Waals surface area (Å²) in [6.07, 6.45) is 4.86. The average molecular weight is 520 g/mol. The first-order valence-corrected chi connectivity index (χ1v) is 12.3. The second kappa shape index (κ2) is 13.2. The molecule has 1 aliphatic carbocycles. The van der Waals surface area contributed by atoms with Gasteiger partial charge in [0.05, 0.1) is 6.07 Å². The molecule has 156 valence electrons. The zero-order valence-electron chi connectivity index (χ0n) is 17.5. The molecule has 0 amide bonds. The molecule has 4 heteroatoms. The third-order valence-corrected chi connectivity index (χ3v) is 8.23. The Balaban J connectivity index is 0.000000941. The van der Waals surface area contributed by atoms with E-state index in [-0.39, 0.29) is 0 Å². The van der Waals surface area contributed by atoms with Crippen molar-refractivity contribution in [2.45, 2.75) is 61.6 Å². The molecule has 1 fully saturated rings. The summed E-state index contributed by atoms with van der Waals surface area (Å²) in [6.45, 7) is 7.01. The van der Waals surface area contributed by atoms with Crippen LogP contribution in [0.15, 0.2) is 54.6 Å². The maximum atomic E-state index is 7.32. The molecule has 0 aromatic heterocycles. The van der Waals surface area contributed by atoms with Crippen LogP contribution < -0.4 is 0 Å². The molecular formula is C25H32Br2N2. The molecule has 0 N–H and O–H groups in total. The fourth-order valence-electron chi connectivity index (χ4n) is 3.86. The van der Waals surface area contributed by atoms with Crippen LogP contribution in [-0.2, 0) is 13.0 Å². The van der Waals surface area contributed by atoms with Gasteiger partial charge in [-0.1, -0.05) is 93.4 Å². The van der Waals surface area contributed by atoms with Gasteiger partial charge in [-0.2, -0.15) is 5.26 Å². The van der Waals surface area contributed by atoms with Crippen LogP contribution in [0.3, 0.4) is 0 Å². The first-order chi connectivity index (χ1) is 14.1. The topological polar surface area (TPSA) is 27.0 Å². The third kappa shape index (κ3) is 8.24. The summed E-state index contributed by atoms with van der Waals surface area (Å²) in [5.74, 6) is 0.694. The molecule has 1 saturated carbocycles. The Morgan fingerprint density at radius 3 is 2.10 bits per heavy atom. The van der Waals surface area contributed by atoms with Gasteiger partial charge in [0.25, 0.3) is 0 Å². The highest BCUT2D eigenvalue weighted by Crippen LogP contribution is 2.41. The van der Waals surface area contributed by atoms with Gasteiger partial charge in [0.15, 0.2) is 0 Å².